The van der Waals surface area contributed by atoms with E-state index < -0.39 is 0 Å². The maximum absolute atomic E-state index is 6.01. The van der Waals surface area contributed by atoms with Crippen LogP contribution in [0.2, 0.25) is 0 Å². The molecule has 2 aromatic carbocycles. The molecule has 6 atom stereocenters. The molecule has 2 saturated heterocycles. The summed E-state index contributed by atoms with van der Waals surface area (Å²) < 4.78 is 17.9. The second-order valence-electron chi connectivity index (χ2n) is 7.97. The van der Waals surface area contributed by atoms with Gasteiger partial charge in [0.05, 0.1) is 24.4 Å². The fraction of sp³-hybridized carbons (Fsp3) is 0.500. The molecule has 2 heterocycles. The molecule has 144 valence electrons. The summed E-state index contributed by atoms with van der Waals surface area (Å²) in [5.41, 5.74) is 2.47. The van der Waals surface area contributed by atoms with Crippen LogP contribution >= 0.6 is 0 Å². The third kappa shape index (κ3) is 3.51. The van der Waals surface area contributed by atoms with E-state index in [4.69, 9.17) is 14.2 Å². The Bertz CT molecular complexity index is 687. The van der Waals surface area contributed by atoms with Gasteiger partial charge in [-0.25, -0.2) is 0 Å². The molecule has 0 aromatic heterocycles. The quantitative estimate of drug-likeness (QED) is 0.588. The van der Waals surface area contributed by atoms with Gasteiger partial charge >= 0.3 is 0 Å². The van der Waals surface area contributed by atoms with Crippen LogP contribution in [0.25, 0.3) is 0 Å². The number of hydrogen-bond acceptors (Lipinski definition) is 3. The highest BCUT2D eigenvalue weighted by Gasteiger charge is 2.39. The summed E-state index contributed by atoms with van der Waals surface area (Å²) in [6.07, 6.45) is 3.41. The minimum absolute atomic E-state index is 0.222. The Labute approximate surface area is 162 Å². The molecule has 0 aliphatic carbocycles. The minimum atomic E-state index is 0.222. The highest BCUT2D eigenvalue weighted by molar-refractivity contribution is 5.36. The van der Waals surface area contributed by atoms with Crippen LogP contribution in [0.3, 0.4) is 0 Å². The Hall–Kier alpha value is -1.84. The fourth-order valence-corrected chi connectivity index (χ4v) is 4.37. The van der Waals surface area contributed by atoms with Crippen LogP contribution in [0.5, 0.6) is 11.5 Å². The summed E-state index contributed by atoms with van der Waals surface area (Å²) >= 11 is 0. The summed E-state index contributed by atoms with van der Waals surface area (Å²) in [4.78, 5) is 0. The van der Waals surface area contributed by atoms with Crippen molar-refractivity contribution in [2.75, 3.05) is 0 Å². The third-order valence-electron chi connectivity index (χ3n) is 6.23. The van der Waals surface area contributed by atoms with Gasteiger partial charge in [0, 0.05) is 11.8 Å². The number of rotatable bonds is 6. The van der Waals surface area contributed by atoms with Crippen molar-refractivity contribution in [3.05, 3.63) is 59.7 Å². The average Bonchev–Trinajstić information content (AvgIpc) is 2.69. The Kier molecular flexibility index (Phi) is 5.25. The lowest BCUT2D eigenvalue weighted by molar-refractivity contribution is -0.181. The lowest BCUT2D eigenvalue weighted by Gasteiger charge is -2.43. The van der Waals surface area contributed by atoms with E-state index in [0.717, 1.165) is 24.3 Å². The van der Waals surface area contributed by atoms with Gasteiger partial charge in [0.1, 0.15) is 11.5 Å². The molecule has 0 bridgehead atoms. The van der Waals surface area contributed by atoms with E-state index in [1.807, 2.05) is 24.3 Å². The molecule has 3 heteroatoms. The van der Waals surface area contributed by atoms with E-state index in [-0.39, 0.29) is 12.2 Å². The van der Waals surface area contributed by atoms with E-state index in [2.05, 4.69) is 52.0 Å². The fourth-order valence-electron chi connectivity index (χ4n) is 4.37. The van der Waals surface area contributed by atoms with Crippen molar-refractivity contribution in [2.45, 2.75) is 65.0 Å². The number of hydrogen-bond donors (Lipinski definition) is 0. The number of benzene rings is 2. The predicted molar refractivity (Wildman–Crippen MR) is 107 cm³/mol. The molecule has 0 radical (unpaired) electrons. The van der Waals surface area contributed by atoms with Crippen LogP contribution in [0.4, 0.5) is 0 Å². The first-order valence-corrected chi connectivity index (χ1v) is 10.3. The predicted octanol–water partition coefficient (Wildman–Crippen LogP) is 6.45. The van der Waals surface area contributed by atoms with E-state index in [9.17, 15) is 0 Å². The monoisotopic (exact) mass is 366 g/mol. The lowest BCUT2D eigenvalue weighted by atomic mass is 9.85. The van der Waals surface area contributed by atoms with Crippen LogP contribution in [-0.2, 0) is 9.47 Å². The van der Waals surface area contributed by atoms with Crippen LogP contribution in [-0.4, -0.2) is 12.2 Å². The van der Waals surface area contributed by atoms with Gasteiger partial charge in [0.25, 0.3) is 0 Å². The van der Waals surface area contributed by atoms with Gasteiger partial charge in [-0.2, -0.15) is 0 Å². The van der Waals surface area contributed by atoms with Gasteiger partial charge in [-0.3, -0.25) is 0 Å². The Morgan fingerprint density at radius 2 is 1.04 bits per heavy atom. The molecule has 6 unspecified atom stereocenters. The first kappa shape index (κ1) is 18.5. The molecule has 0 N–H and O–H groups in total. The van der Waals surface area contributed by atoms with Crippen molar-refractivity contribution in [3.8, 4) is 11.5 Å². The van der Waals surface area contributed by atoms with Crippen molar-refractivity contribution in [1.29, 1.82) is 0 Å². The van der Waals surface area contributed by atoms with E-state index >= 15 is 0 Å². The Morgan fingerprint density at radius 1 is 0.667 bits per heavy atom. The SMILES string of the molecule is CCC1OC(c2ccc(Oc3ccc(C4OC(CC)C4C)cc3)cc2)C1C. The highest BCUT2D eigenvalue weighted by atomic mass is 16.5. The van der Waals surface area contributed by atoms with Gasteiger partial charge in [-0.05, 0) is 48.2 Å². The molecule has 27 heavy (non-hydrogen) atoms. The summed E-state index contributed by atoms with van der Waals surface area (Å²) in [5, 5.41) is 0. The van der Waals surface area contributed by atoms with Crippen molar-refractivity contribution in [3.63, 3.8) is 0 Å². The average molecular weight is 367 g/mol. The maximum Gasteiger partial charge on any atom is 0.127 e. The summed E-state index contributed by atoms with van der Waals surface area (Å²) in [6, 6.07) is 16.6. The largest absolute Gasteiger partial charge is 0.457 e. The lowest BCUT2D eigenvalue weighted by Crippen LogP contribution is -2.40. The zero-order valence-electron chi connectivity index (χ0n) is 16.7. The molecule has 2 fully saturated rings. The van der Waals surface area contributed by atoms with Crippen LogP contribution in [0, 0.1) is 11.8 Å². The van der Waals surface area contributed by atoms with Crippen molar-refractivity contribution < 1.29 is 14.2 Å². The molecular weight excluding hydrogens is 336 g/mol. The molecule has 2 aliphatic rings. The van der Waals surface area contributed by atoms with Gasteiger partial charge in [-0.1, -0.05) is 52.0 Å². The standard InChI is InChI=1S/C24H30O3/c1-5-21-15(3)23(26-21)17-7-11-19(12-8-17)25-20-13-9-18(10-14-20)24-16(4)22(6-2)27-24/h7-16,21-24H,5-6H2,1-4H3. The summed E-state index contributed by atoms with van der Waals surface area (Å²) in [5.74, 6) is 2.87. The van der Waals surface area contributed by atoms with Crippen molar-refractivity contribution >= 4 is 0 Å². The minimum Gasteiger partial charge on any atom is -0.457 e. The van der Waals surface area contributed by atoms with Crippen LogP contribution in [0.1, 0.15) is 63.9 Å². The first-order valence-electron chi connectivity index (χ1n) is 10.3. The Morgan fingerprint density at radius 3 is 1.33 bits per heavy atom. The molecule has 2 aromatic rings. The summed E-state index contributed by atoms with van der Waals surface area (Å²) in [6.45, 7) is 8.90. The molecule has 0 amide bonds. The Balaban J connectivity index is 1.36. The van der Waals surface area contributed by atoms with Crippen molar-refractivity contribution in [1.82, 2.24) is 0 Å². The molecule has 0 saturated carbocycles. The van der Waals surface area contributed by atoms with E-state index in [1.165, 1.54) is 11.1 Å². The van der Waals surface area contributed by atoms with Crippen LogP contribution < -0.4 is 4.74 Å². The van der Waals surface area contributed by atoms with Gasteiger partial charge in [-0.15, -0.1) is 0 Å². The first-order chi connectivity index (χ1) is 13.1. The molecule has 3 nitrogen and oxygen atoms in total. The van der Waals surface area contributed by atoms with Gasteiger partial charge < -0.3 is 14.2 Å². The number of ether oxygens (including phenoxy) is 3. The third-order valence-corrected chi connectivity index (χ3v) is 6.23. The zero-order chi connectivity index (χ0) is 19.0. The normalized spacial score (nSPS) is 32.4. The van der Waals surface area contributed by atoms with Crippen molar-refractivity contribution in [2.24, 2.45) is 11.8 Å². The van der Waals surface area contributed by atoms with Crippen LogP contribution in [0.15, 0.2) is 48.5 Å². The zero-order valence-corrected chi connectivity index (χ0v) is 16.7. The van der Waals surface area contributed by atoms with Gasteiger partial charge in [0.15, 0.2) is 0 Å². The topological polar surface area (TPSA) is 27.7 Å². The molecular formula is C24H30O3. The van der Waals surface area contributed by atoms with E-state index in [0.29, 0.717) is 24.0 Å². The van der Waals surface area contributed by atoms with E-state index in [1.54, 1.807) is 0 Å². The molecule has 2 aliphatic heterocycles. The highest BCUT2D eigenvalue weighted by Crippen LogP contribution is 2.43. The summed E-state index contributed by atoms with van der Waals surface area (Å²) in [7, 11) is 0. The second kappa shape index (κ2) is 7.65. The smallest absolute Gasteiger partial charge is 0.127 e. The molecule has 4 rings (SSSR count). The molecule has 0 spiro atoms. The second-order valence-corrected chi connectivity index (χ2v) is 7.97. The van der Waals surface area contributed by atoms with Gasteiger partial charge in [0.2, 0.25) is 0 Å². The maximum atomic E-state index is 6.01.